The lowest BCUT2D eigenvalue weighted by molar-refractivity contribution is 1.46. The summed E-state index contributed by atoms with van der Waals surface area (Å²) in [7, 11) is 0. The molecule has 0 radical (unpaired) electrons. The van der Waals surface area contributed by atoms with Gasteiger partial charge in [0, 0.05) is 20.5 Å². The Morgan fingerprint density at radius 2 is 1.62 bits per heavy atom. The molecule has 2 aromatic rings. The van der Waals surface area contributed by atoms with E-state index in [1.807, 2.05) is 12.1 Å². The number of hydrogen-bond donors (Lipinski definition) is 0. The van der Waals surface area contributed by atoms with E-state index in [-0.39, 0.29) is 0 Å². The first-order chi connectivity index (χ1) is 7.70. The van der Waals surface area contributed by atoms with Crippen LogP contribution in [-0.2, 0) is 0 Å². The van der Waals surface area contributed by atoms with E-state index in [0.717, 1.165) is 11.1 Å². The van der Waals surface area contributed by atoms with Gasteiger partial charge in [-0.3, -0.25) is 0 Å². The Bertz CT molecular complexity index is 492. The fourth-order valence-electron chi connectivity index (χ4n) is 1.49. The molecule has 0 spiro atoms. The first-order valence-electron chi connectivity index (χ1n) is 4.80. The van der Waals surface area contributed by atoms with Crippen LogP contribution in [-0.4, -0.2) is 6.26 Å². The van der Waals surface area contributed by atoms with Crippen LogP contribution in [0.25, 0.3) is 11.1 Å². The zero-order valence-electron chi connectivity index (χ0n) is 8.71. The van der Waals surface area contributed by atoms with E-state index >= 15 is 0 Å². The van der Waals surface area contributed by atoms with Crippen molar-refractivity contribution < 1.29 is 0 Å². The summed E-state index contributed by atoms with van der Waals surface area (Å²) >= 11 is 13.7. The van der Waals surface area contributed by atoms with Gasteiger partial charge in [0.1, 0.15) is 0 Å². The van der Waals surface area contributed by atoms with Crippen LogP contribution in [0.4, 0.5) is 0 Å². The summed E-state index contributed by atoms with van der Waals surface area (Å²) in [6, 6.07) is 13.9. The second kappa shape index (κ2) is 5.13. The standard InChI is InChI=1S/C13H10Cl2S/c1-16-11-5-2-9(3-6-11)12-7-4-10(14)8-13(12)15/h2-8H,1H3. The van der Waals surface area contributed by atoms with Crippen molar-refractivity contribution in [2.75, 3.05) is 6.26 Å². The zero-order valence-corrected chi connectivity index (χ0v) is 11.0. The van der Waals surface area contributed by atoms with Gasteiger partial charge in [-0.25, -0.2) is 0 Å². The molecular formula is C13H10Cl2S. The van der Waals surface area contributed by atoms with Gasteiger partial charge in [-0.2, -0.15) is 0 Å². The normalized spacial score (nSPS) is 10.4. The van der Waals surface area contributed by atoms with Crippen LogP contribution in [0.15, 0.2) is 47.4 Å². The molecule has 82 valence electrons. The van der Waals surface area contributed by atoms with Crippen molar-refractivity contribution in [2.45, 2.75) is 4.90 Å². The summed E-state index contributed by atoms with van der Waals surface area (Å²) in [4.78, 5) is 1.24. The SMILES string of the molecule is CSc1ccc(-c2ccc(Cl)cc2Cl)cc1. The van der Waals surface area contributed by atoms with Crippen molar-refractivity contribution >= 4 is 35.0 Å². The molecule has 0 heterocycles. The Kier molecular flexibility index (Phi) is 3.80. The van der Waals surface area contributed by atoms with Crippen molar-refractivity contribution in [1.82, 2.24) is 0 Å². The van der Waals surface area contributed by atoms with Crippen molar-refractivity contribution in [3.8, 4) is 11.1 Å². The number of benzene rings is 2. The van der Waals surface area contributed by atoms with Gasteiger partial charge in [0.05, 0.1) is 0 Å². The topological polar surface area (TPSA) is 0 Å². The van der Waals surface area contributed by atoms with Gasteiger partial charge in [-0.05, 0) is 36.1 Å². The van der Waals surface area contributed by atoms with Crippen LogP contribution in [0.2, 0.25) is 10.0 Å². The predicted molar refractivity (Wildman–Crippen MR) is 73.7 cm³/mol. The smallest absolute Gasteiger partial charge is 0.0499 e. The first kappa shape index (κ1) is 11.8. The first-order valence-corrected chi connectivity index (χ1v) is 6.78. The Hall–Kier alpha value is -0.630. The van der Waals surface area contributed by atoms with Crippen molar-refractivity contribution in [3.63, 3.8) is 0 Å². The molecule has 0 atom stereocenters. The average Bonchev–Trinajstić information content (AvgIpc) is 2.29. The molecule has 0 unspecified atom stereocenters. The fraction of sp³-hybridized carbons (Fsp3) is 0.0769. The summed E-state index contributed by atoms with van der Waals surface area (Å²) in [5.41, 5.74) is 2.12. The minimum atomic E-state index is 0.662. The maximum Gasteiger partial charge on any atom is 0.0499 e. The third kappa shape index (κ3) is 2.54. The Morgan fingerprint density at radius 3 is 2.19 bits per heavy atom. The monoisotopic (exact) mass is 268 g/mol. The van der Waals surface area contributed by atoms with E-state index < -0.39 is 0 Å². The molecule has 0 saturated heterocycles. The van der Waals surface area contributed by atoms with E-state index in [1.165, 1.54) is 4.90 Å². The second-order valence-electron chi connectivity index (χ2n) is 3.35. The Labute approximate surface area is 110 Å². The van der Waals surface area contributed by atoms with Crippen molar-refractivity contribution in [2.24, 2.45) is 0 Å². The van der Waals surface area contributed by atoms with Crippen molar-refractivity contribution in [1.29, 1.82) is 0 Å². The van der Waals surface area contributed by atoms with E-state index in [2.05, 4.69) is 30.5 Å². The lowest BCUT2D eigenvalue weighted by Gasteiger charge is -2.05. The number of hydrogen-bond acceptors (Lipinski definition) is 1. The summed E-state index contributed by atoms with van der Waals surface area (Å²) in [5.74, 6) is 0. The average molecular weight is 269 g/mol. The van der Waals surface area contributed by atoms with Crippen LogP contribution >= 0.6 is 35.0 Å². The molecule has 3 heteroatoms. The second-order valence-corrected chi connectivity index (χ2v) is 5.08. The predicted octanol–water partition coefficient (Wildman–Crippen LogP) is 5.38. The van der Waals surface area contributed by atoms with E-state index in [9.17, 15) is 0 Å². The highest BCUT2D eigenvalue weighted by Crippen LogP contribution is 2.31. The quantitative estimate of drug-likeness (QED) is 0.659. The molecule has 0 aromatic heterocycles. The van der Waals surface area contributed by atoms with Gasteiger partial charge in [0.25, 0.3) is 0 Å². The lowest BCUT2D eigenvalue weighted by Crippen LogP contribution is -1.80. The molecule has 16 heavy (non-hydrogen) atoms. The molecule has 0 N–H and O–H groups in total. The number of thioether (sulfide) groups is 1. The highest BCUT2D eigenvalue weighted by molar-refractivity contribution is 7.98. The molecule has 0 aliphatic rings. The van der Waals surface area contributed by atoms with Gasteiger partial charge >= 0.3 is 0 Å². The van der Waals surface area contributed by atoms with E-state index in [0.29, 0.717) is 10.0 Å². The molecule has 0 aliphatic carbocycles. The fourth-order valence-corrected chi connectivity index (χ4v) is 2.42. The zero-order chi connectivity index (χ0) is 11.5. The van der Waals surface area contributed by atoms with E-state index in [1.54, 1.807) is 17.8 Å². The van der Waals surface area contributed by atoms with E-state index in [4.69, 9.17) is 23.2 Å². The molecule has 0 amide bonds. The van der Waals surface area contributed by atoms with Crippen LogP contribution in [0.1, 0.15) is 0 Å². The molecule has 0 nitrogen and oxygen atoms in total. The van der Waals surface area contributed by atoms with Gasteiger partial charge in [-0.1, -0.05) is 41.4 Å². The minimum absolute atomic E-state index is 0.662. The van der Waals surface area contributed by atoms with Crippen LogP contribution < -0.4 is 0 Å². The Balaban J connectivity index is 2.42. The molecule has 0 fully saturated rings. The van der Waals surface area contributed by atoms with Crippen LogP contribution in [0.3, 0.4) is 0 Å². The lowest BCUT2D eigenvalue weighted by atomic mass is 10.1. The molecule has 0 saturated carbocycles. The highest BCUT2D eigenvalue weighted by Gasteiger charge is 2.03. The molecule has 2 rings (SSSR count). The largest absolute Gasteiger partial charge is 0.130 e. The molecule has 2 aromatic carbocycles. The summed E-state index contributed by atoms with van der Waals surface area (Å²) in [6.45, 7) is 0. The van der Waals surface area contributed by atoms with Crippen LogP contribution in [0.5, 0.6) is 0 Å². The maximum atomic E-state index is 6.15. The molecule has 0 bridgehead atoms. The van der Waals surface area contributed by atoms with Gasteiger partial charge < -0.3 is 0 Å². The summed E-state index contributed by atoms with van der Waals surface area (Å²) in [5, 5.41) is 1.35. The Morgan fingerprint density at radius 1 is 0.938 bits per heavy atom. The highest BCUT2D eigenvalue weighted by atomic mass is 35.5. The van der Waals surface area contributed by atoms with Crippen molar-refractivity contribution in [3.05, 3.63) is 52.5 Å². The minimum Gasteiger partial charge on any atom is -0.130 e. The molecule has 0 aliphatic heterocycles. The maximum absolute atomic E-state index is 6.15. The van der Waals surface area contributed by atoms with Gasteiger partial charge in [0.2, 0.25) is 0 Å². The summed E-state index contributed by atoms with van der Waals surface area (Å²) in [6.07, 6.45) is 2.06. The third-order valence-corrected chi connectivity index (χ3v) is 3.62. The number of halogens is 2. The summed E-state index contributed by atoms with van der Waals surface area (Å²) < 4.78 is 0. The third-order valence-electron chi connectivity index (χ3n) is 2.33. The van der Waals surface area contributed by atoms with Crippen LogP contribution in [0, 0.1) is 0 Å². The van der Waals surface area contributed by atoms with Gasteiger partial charge in [-0.15, -0.1) is 11.8 Å². The number of rotatable bonds is 2. The van der Waals surface area contributed by atoms with Gasteiger partial charge in [0.15, 0.2) is 0 Å². The molecular weight excluding hydrogens is 259 g/mol.